The first-order valence-electron chi connectivity index (χ1n) is 6.25. The van der Waals surface area contributed by atoms with E-state index >= 15 is 0 Å². The Kier molecular flexibility index (Phi) is 3.64. The summed E-state index contributed by atoms with van der Waals surface area (Å²) in [6.07, 6.45) is 0.872. The van der Waals surface area contributed by atoms with Gasteiger partial charge in [-0.2, -0.15) is 5.10 Å². The Labute approximate surface area is 110 Å². The van der Waals surface area contributed by atoms with Gasteiger partial charge in [-0.15, -0.1) is 5.10 Å². The monoisotopic (exact) mass is 263 g/mol. The van der Waals surface area contributed by atoms with Gasteiger partial charge in [0.2, 0.25) is 0 Å². The Balaban J connectivity index is 2.30. The topological polar surface area (TPSA) is 85.8 Å². The Bertz CT molecular complexity index is 599. The number of aromatic carboxylic acids is 1. The quantitative estimate of drug-likeness (QED) is 0.873. The van der Waals surface area contributed by atoms with E-state index in [0.29, 0.717) is 12.2 Å². The van der Waals surface area contributed by atoms with Crippen LogP contribution in [0.2, 0.25) is 0 Å². The third-order valence-corrected chi connectivity index (χ3v) is 3.07. The van der Waals surface area contributed by atoms with Crippen LogP contribution in [0, 0.1) is 6.92 Å². The molecule has 0 atom stereocenters. The minimum atomic E-state index is -1.05. The number of carboxylic acids is 1. The fourth-order valence-electron chi connectivity index (χ4n) is 1.95. The second kappa shape index (κ2) is 5.21. The number of nitrogens with zero attached hydrogens (tertiary/aromatic N) is 5. The van der Waals surface area contributed by atoms with E-state index in [2.05, 4.69) is 22.3 Å². The minimum absolute atomic E-state index is 0.00159. The van der Waals surface area contributed by atoms with Crippen LogP contribution in [0.1, 0.15) is 41.4 Å². The fraction of sp³-hybridized carbons (Fsp3) is 0.500. The van der Waals surface area contributed by atoms with E-state index in [-0.39, 0.29) is 5.69 Å². The average Bonchev–Trinajstić information content (AvgIpc) is 2.94. The van der Waals surface area contributed by atoms with E-state index in [1.807, 2.05) is 17.7 Å². The zero-order valence-corrected chi connectivity index (χ0v) is 11.3. The van der Waals surface area contributed by atoms with Crippen molar-refractivity contribution in [2.24, 2.45) is 0 Å². The van der Waals surface area contributed by atoms with Crippen molar-refractivity contribution in [3.8, 4) is 0 Å². The molecule has 7 heteroatoms. The van der Waals surface area contributed by atoms with Crippen molar-refractivity contribution in [2.75, 3.05) is 0 Å². The van der Waals surface area contributed by atoms with E-state index < -0.39 is 5.97 Å². The van der Waals surface area contributed by atoms with Gasteiger partial charge in [-0.1, -0.05) is 12.1 Å². The second-order valence-electron chi connectivity index (χ2n) is 4.28. The minimum Gasteiger partial charge on any atom is -0.476 e. The lowest BCUT2D eigenvalue weighted by atomic mass is 10.3. The predicted molar refractivity (Wildman–Crippen MR) is 68.1 cm³/mol. The number of carboxylic acid groups (broad SMARTS) is 1. The van der Waals surface area contributed by atoms with E-state index in [1.54, 1.807) is 11.6 Å². The molecule has 0 aliphatic heterocycles. The third kappa shape index (κ3) is 2.49. The van der Waals surface area contributed by atoms with Crippen LogP contribution in [-0.2, 0) is 19.5 Å². The Morgan fingerprint density at radius 1 is 1.37 bits per heavy atom. The van der Waals surface area contributed by atoms with Crippen molar-refractivity contribution in [1.82, 2.24) is 24.8 Å². The maximum Gasteiger partial charge on any atom is 0.358 e. The lowest BCUT2D eigenvalue weighted by Gasteiger charge is -2.05. The predicted octanol–water partition coefficient (Wildman–Crippen LogP) is 1.11. The SMILES string of the molecule is CCc1cc(Cn2nnc(C(=O)O)c2C)n(CC)n1. The molecule has 0 radical (unpaired) electrons. The fourth-order valence-corrected chi connectivity index (χ4v) is 1.95. The van der Waals surface area contributed by atoms with Gasteiger partial charge in [-0.05, 0) is 26.3 Å². The summed E-state index contributed by atoms with van der Waals surface area (Å²) < 4.78 is 3.49. The summed E-state index contributed by atoms with van der Waals surface area (Å²) in [7, 11) is 0. The highest BCUT2D eigenvalue weighted by Crippen LogP contribution is 2.10. The molecule has 0 unspecified atom stereocenters. The van der Waals surface area contributed by atoms with Gasteiger partial charge < -0.3 is 5.11 Å². The molecule has 0 saturated heterocycles. The van der Waals surface area contributed by atoms with E-state index in [1.165, 1.54) is 0 Å². The summed E-state index contributed by atoms with van der Waals surface area (Å²) in [5.74, 6) is -1.05. The van der Waals surface area contributed by atoms with Gasteiger partial charge in [-0.3, -0.25) is 4.68 Å². The molecule has 2 aromatic heterocycles. The average molecular weight is 263 g/mol. The normalized spacial score (nSPS) is 10.9. The maximum atomic E-state index is 10.9. The van der Waals surface area contributed by atoms with Crippen molar-refractivity contribution in [3.05, 3.63) is 28.8 Å². The number of rotatable bonds is 5. The molecule has 0 bridgehead atoms. The molecule has 102 valence electrons. The van der Waals surface area contributed by atoms with Gasteiger partial charge in [-0.25, -0.2) is 9.48 Å². The smallest absolute Gasteiger partial charge is 0.358 e. The Hall–Kier alpha value is -2.18. The summed E-state index contributed by atoms with van der Waals surface area (Å²) in [5.41, 5.74) is 2.57. The van der Waals surface area contributed by atoms with Crippen LogP contribution < -0.4 is 0 Å². The van der Waals surface area contributed by atoms with E-state index in [0.717, 1.165) is 24.4 Å². The molecule has 0 aliphatic rings. The molecule has 0 saturated carbocycles. The largest absolute Gasteiger partial charge is 0.476 e. The number of aromatic nitrogens is 5. The first-order valence-corrected chi connectivity index (χ1v) is 6.25. The first kappa shape index (κ1) is 13.3. The van der Waals surface area contributed by atoms with E-state index in [9.17, 15) is 4.79 Å². The highest BCUT2D eigenvalue weighted by atomic mass is 16.4. The number of aryl methyl sites for hydroxylation is 2. The van der Waals surface area contributed by atoms with Gasteiger partial charge in [0, 0.05) is 6.54 Å². The highest BCUT2D eigenvalue weighted by Gasteiger charge is 2.16. The van der Waals surface area contributed by atoms with Crippen molar-refractivity contribution in [2.45, 2.75) is 40.3 Å². The van der Waals surface area contributed by atoms with Crippen LogP contribution in [0.3, 0.4) is 0 Å². The number of hydrogen-bond donors (Lipinski definition) is 1. The van der Waals surface area contributed by atoms with Gasteiger partial charge in [0.1, 0.15) is 0 Å². The molecule has 7 nitrogen and oxygen atoms in total. The van der Waals surface area contributed by atoms with Crippen LogP contribution in [-0.4, -0.2) is 35.9 Å². The maximum absolute atomic E-state index is 10.9. The van der Waals surface area contributed by atoms with Crippen LogP contribution in [0.25, 0.3) is 0 Å². The number of carbonyl (C=O) groups is 1. The van der Waals surface area contributed by atoms with Crippen molar-refractivity contribution < 1.29 is 9.90 Å². The molecule has 0 fully saturated rings. The molecule has 0 aliphatic carbocycles. The van der Waals surface area contributed by atoms with Gasteiger partial charge in [0.25, 0.3) is 0 Å². The molecule has 2 heterocycles. The van der Waals surface area contributed by atoms with Gasteiger partial charge >= 0.3 is 5.97 Å². The third-order valence-electron chi connectivity index (χ3n) is 3.07. The first-order chi connectivity index (χ1) is 9.06. The highest BCUT2D eigenvalue weighted by molar-refractivity contribution is 5.86. The van der Waals surface area contributed by atoms with Crippen LogP contribution in [0.15, 0.2) is 6.07 Å². The molecule has 0 aromatic carbocycles. The molecule has 2 aromatic rings. The Morgan fingerprint density at radius 3 is 2.63 bits per heavy atom. The van der Waals surface area contributed by atoms with E-state index in [4.69, 9.17) is 5.11 Å². The van der Waals surface area contributed by atoms with Crippen LogP contribution >= 0.6 is 0 Å². The molecular weight excluding hydrogens is 246 g/mol. The second-order valence-corrected chi connectivity index (χ2v) is 4.28. The standard InChI is InChI=1S/C12H17N5O2/c1-4-9-6-10(16(5-2)14-9)7-17-8(3)11(12(18)19)13-15-17/h6H,4-5,7H2,1-3H3,(H,18,19). The Morgan fingerprint density at radius 2 is 2.11 bits per heavy atom. The van der Waals surface area contributed by atoms with Crippen molar-refractivity contribution in [3.63, 3.8) is 0 Å². The lowest BCUT2D eigenvalue weighted by Crippen LogP contribution is -2.10. The summed E-state index contributed by atoms with van der Waals surface area (Å²) >= 11 is 0. The summed E-state index contributed by atoms with van der Waals surface area (Å²) in [4.78, 5) is 10.9. The molecule has 0 amide bonds. The summed E-state index contributed by atoms with van der Waals surface area (Å²) in [6, 6.07) is 2.02. The van der Waals surface area contributed by atoms with Gasteiger partial charge in [0.15, 0.2) is 5.69 Å². The van der Waals surface area contributed by atoms with Crippen LogP contribution in [0.5, 0.6) is 0 Å². The van der Waals surface area contributed by atoms with Crippen LogP contribution in [0.4, 0.5) is 0 Å². The van der Waals surface area contributed by atoms with Crippen molar-refractivity contribution >= 4 is 5.97 Å². The zero-order chi connectivity index (χ0) is 14.0. The summed E-state index contributed by atoms with van der Waals surface area (Å²) in [6.45, 7) is 7.03. The summed E-state index contributed by atoms with van der Waals surface area (Å²) in [5, 5.41) is 21.0. The van der Waals surface area contributed by atoms with Gasteiger partial charge in [0.05, 0.1) is 23.6 Å². The number of hydrogen-bond acceptors (Lipinski definition) is 4. The molecule has 2 rings (SSSR count). The molecular formula is C12H17N5O2. The molecule has 19 heavy (non-hydrogen) atoms. The van der Waals surface area contributed by atoms with Crippen molar-refractivity contribution in [1.29, 1.82) is 0 Å². The lowest BCUT2D eigenvalue weighted by molar-refractivity contribution is 0.0689. The molecule has 1 N–H and O–H groups in total. The zero-order valence-electron chi connectivity index (χ0n) is 11.3. The molecule has 0 spiro atoms.